The van der Waals surface area contributed by atoms with Crippen LogP contribution in [0.25, 0.3) is 0 Å². The van der Waals surface area contributed by atoms with Gasteiger partial charge in [-0.05, 0) is 31.4 Å². The van der Waals surface area contributed by atoms with Crippen LogP contribution in [0.5, 0.6) is 5.75 Å². The molecule has 2 heterocycles. The first kappa shape index (κ1) is 14.4. The zero-order valence-electron chi connectivity index (χ0n) is 12.2. The van der Waals surface area contributed by atoms with Crippen LogP contribution in [0.2, 0.25) is 0 Å². The summed E-state index contributed by atoms with van der Waals surface area (Å²) in [6, 6.07) is 7.50. The van der Waals surface area contributed by atoms with E-state index in [9.17, 15) is 4.79 Å². The van der Waals surface area contributed by atoms with E-state index in [2.05, 4.69) is 0 Å². The van der Waals surface area contributed by atoms with Crippen LogP contribution in [0.4, 0.5) is 0 Å². The Balaban J connectivity index is 1.68. The molecule has 2 aliphatic rings. The second-order valence-corrected chi connectivity index (χ2v) is 5.74. The SMILES string of the molecule is N[C@H]1CCN(C(=O)c2ccccc2OC[C@H]2CCCO2)C1. The van der Waals surface area contributed by atoms with Crippen molar-refractivity contribution in [1.29, 1.82) is 0 Å². The number of hydrogen-bond donors (Lipinski definition) is 1. The van der Waals surface area contributed by atoms with Gasteiger partial charge in [-0.2, -0.15) is 0 Å². The molecule has 5 nitrogen and oxygen atoms in total. The van der Waals surface area contributed by atoms with E-state index in [1.807, 2.05) is 24.3 Å². The Bertz CT molecular complexity index is 500. The highest BCUT2D eigenvalue weighted by atomic mass is 16.5. The first-order valence-corrected chi connectivity index (χ1v) is 7.62. The third-order valence-corrected chi connectivity index (χ3v) is 4.08. The summed E-state index contributed by atoms with van der Waals surface area (Å²) in [6.45, 7) is 2.66. The average Bonchev–Trinajstić information content (AvgIpc) is 3.16. The minimum Gasteiger partial charge on any atom is -0.490 e. The molecule has 0 radical (unpaired) electrons. The monoisotopic (exact) mass is 290 g/mol. The number of para-hydroxylation sites is 1. The van der Waals surface area contributed by atoms with Gasteiger partial charge in [-0.15, -0.1) is 0 Å². The maximum absolute atomic E-state index is 12.6. The van der Waals surface area contributed by atoms with Gasteiger partial charge >= 0.3 is 0 Å². The Morgan fingerprint density at radius 1 is 1.38 bits per heavy atom. The van der Waals surface area contributed by atoms with Gasteiger partial charge in [-0.1, -0.05) is 12.1 Å². The van der Waals surface area contributed by atoms with Crippen LogP contribution in [-0.4, -0.2) is 49.3 Å². The van der Waals surface area contributed by atoms with Crippen molar-refractivity contribution >= 4 is 5.91 Å². The fourth-order valence-electron chi connectivity index (χ4n) is 2.87. The molecule has 3 rings (SSSR count). The van der Waals surface area contributed by atoms with E-state index in [4.69, 9.17) is 15.2 Å². The summed E-state index contributed by atoms with van der Waals surface area (Å²) in [5, 5.41) is 0. The molecule has 0 aromatic heterocycles. The number of likely N-dealkylation sites (tertiary alicyclic amines) is 1. The molecular weight excluding hydrogens is 268 g/mol. The molecule has 5 heteroatoms. The number of amides is 1. The quantitative estimate of drug-likeness (QED) is 0.911. The zero-order chi connectivity index (χ0) is 14.7. The maximum Gasteiger partial charge on any atom is 0.257 e. The second-order valence-electron chi connectivity index (χ2n) is 5.74. The molecular formula is C16H22N2O3. The maximum atomic E-state index is 12.6. The molecule has 0 spiro atoms. The van der Waals surface area contributed by atoms with Gasteiger partial charge in [0.2, 0.25) is 0 Å². The highest BCUT2D eigenvalue weighted by Gasteiger charge is 2.26. The predicted octanol–water partition coefficient (Wildman–Crippen LogP) is 1.42. The Kier molecular flexibility index (Phi) is 4.41. The third kappa shape index (κ3) is 3.36. The summed E-state index contributed by atoms with van der Waals surface area (Å²) in [7, 11) is 0. The lowest BCUT2D eigenvalue weighted by atomic mass is 10.1. The van der Waals surface area contributed by atoms with E-state index in [0.717, 1.165) is 32.4 Å². The molecule has 0 unspecified atom stereocenters. The average molecular weight is 290 g/mol. The van der Waals surface area contributed by atoms with Crippen LogP contribution in [0.1, 0.15) is 29.6 Å². The molecule has 2 N–H and O–H groups in total. The number of carbonyl (C=O) groups is 1. The molecule has 2 fully saturated rings. The van der Waals surface area contributed by atoms with Gasteiger partial charge in [0.25, 0.3) is 5.91 Å². The topological polar surface area (TPSA) is 64.8 Å². The van der Waals surface area contributed by atoms with E-state index in [0.29, 0.717) is 24.5 Å². The summed E-state index contributed by atoms with van der Waals surface area (Å²) in [6.07, 6.45) is 3.12. The van der Waals surface area contributed by atoms with Crippen molar-refractivity contribution in [2.75, 3.05) is 26.3 Å². The van der Waals surface area contributed by atoms with Crippen molar-refractivity contribution in [2.24, 2.45) is 5.73 Å². The lowest BCUT2D eigenvalue weighted by Gasteiger charge is -2.19. The van der Waals surface area contributed by atoms with E-state index < -0.39 is 0 Å². The van der Waals surface area contributed by atoms with Crippen molar-refractivity contribution in [2.45, 2.75) is 31.4 Å². The number of hydrogen-bond acceptors (Lipinski definition) is 4. The molecule has 2 atom stereocenters. The van der Waals surface area contributed by atoms with Crippen LogP contribution in [0.3, 0.4) is 0 Å². The number of nitrogens with two attached hydrogens (primary N) is 1. The van der Waals surface area contributed by atoms with Crippen LogP contribution in [0, 0.1) is 0 Å². The number of ether oxygens (including phenoxy) is 2. The van der Waals surface area contributed by atoms with E-state index in [1.54, 1.807) is 4.90 Å². The van der Waals surface area contributed by atoms with Gasteiger partial charge in [0.1, 0.15) is 12.4 Å². The van der Waals surface area contributed by atoms with Crippen LogP contribution in [0.15, 0.2) is 24.3 Å². The predicted molar refractivity (Wildman–Crippen MR) is 79.4 cm³/mol. The van der Waals surface area contributed by atoms with Gasteiger partial charge in [-0.3, -0.25) is 4.79 Å². The van der Waals surface area contributed by atoms with Crippen molar-refractivity contribution in [1.82, 2.24) is 4.90 Å². The standard InChI is InChI=1S/C16H22N2O3/c17-12-7-8-18(10-12)16(19)14-5-1-2-6-15(14)21-11-13-4-3-9-20-13/h1-2,5-6,12-13H,3-4,7-11,17H2/t12-,13+/m0/s1. The Labute approximate surface area is 125 Å². The van der Waals surface area contributed by atoms with E-state index >= 15 is 0 Å². The van der Waals surface area contributed by atoms with Crippen molar-refractivity contribution < 1.29 is 14.3 Å². The third-order valence-electron chi connectivity index (χ3n) is 4.08. The number of carbonyl (C=O) groups excluding carboxylic acids is 1. The van der Waals surface area contributed by atoms with Crippen LogP contribution in [-0.2, 0) is 4.74 Å². The largest absolute Gasteiger partial charge is 0.490 e. The smallest absolute Gasteiger partial charge is 0.257 e. The fraction of sp³-hybridized carbons (Fsp3) is 0.562. The number of nitrogens with zero attached hydrogens (tertiary/aromatic N) is 1. The fourth-order valence-corrected chi connectivity index (χ4v) is 2.87. The van der Waals surface area contributed by atoms with Crippen LogP contribution >= 0.6 is 0 Å². The Morgan fingerprint density at radius 3 is 2.95 bits per heavy atom. The Hall–Kier alpha value is -1.59. The molecule has 0 aliphatic carbocycles. The summed E-state index contributed by atoms with van der Waals surface area (Å²) >= 11 is 0. The first-order valence-electron chi connectivity index (χ1n) is 7.62. The van der Waals surface area contributed by atoms with Gasteiger partial charge in [0.15, 0.2) is 0 Å². The summed E-state index contributed by atoms with van der Waals surface area (Å²) < 4.78 is 11.4. The molecule has 21 heavy (non-hydrogen) atoms. The molecule has 2 saturated heterocycles. The highest BCUT2D eigenvalue weighted by molar-refractivity contribution is 5.97. The molecule has 1 aromatic carbocycles. The van der Waals surface area contributed by atoms with Gasteiger partial charge in [0, 0.05) is 25.7 Å². The van der Waals surface area contributed by atoms with Crippen molar-refractivity contribution in [3.05, 3.63) is 29.8 Å². The van der Waals surface area contributed by atoms with Gasteiger partial charge in [0.05, 0.1) is 11.7 Å². The van der Waals surface area contributed by atoms with Crippen molar-refractivity contribution in [3.63, 3.8) is 0 Å². The minimum absolute atomic E-state index is 0.00545. The molecule has 2 aliphatic heterocycles. The van der Waals surface area contributed by atoms with Gasteiger partial charge in [-0.25, -0.2) is 0 Å². The molecule has 0 bridgehead atoms. The second kappa shape index (κ2) is 6.45. The molecule has 1 aromatic rings. The molecule has 0 saturated carbocycles. The van der Waals surface area contributed by atoms with E-state index in [1.165, 1.54) is 0 Å². The summed E-state index contributed by atoms with van der Waals surface area (Å²) in [5.41, 5.74) is 6.49. The van der Waals surface area contributed by atoms with Crippen LogP contribution < -0.4 is 10.5 Å². The molecule has 1 amide bonds. The minimum atomic E-state index is 0.00545. The summed E-state index contributed by atoms with van der Waals surface area (Å²) in [5.74, 6) is 0.643. The lowest BCUT2D eigenvalue weighted by Crippen LogP contribution is -2.32. The van der Waals surface area contributed by atoms with E-state index in [-0.39, 0.29) is 18.1 Å². The number of rotatable bonds is 4. The highest BCUT2D eigenvalue weighted by Crippen LogP contribution is 2.23. The number of benzene rings is 1. The van der Waals surface area contributed by atoms with Gasteiger partial charge < -0.3 is 20.1 Å². The van der Waals surface area contributed by atoms with Crippen molar-refractivity contribution in [3.8, 4) is 5.75 Å². The Morgan fingerprint density at radius 2 is 2.24 bits per heavy atom. The lowest BCUT2D eigenvalue weighted by molar-refractivity contribution is 0.0657. The normalized spacial score (nSPS) is 25.3. The summed E-state index contributed by atoms with van der Waals surface area (Å²) in [4.78, 5) is 14.4. The molecule has 114 valence electrons. The first-order chi connectivity index (χ1) is 10.2. The zero-order valence-corrected chi connectivity index (χ0v) is 12.2.